The summed E-state index contributed by atoms with van der Waals surface area (Å²) in [6.07, 6.45) is 10.1. The Morgan fingerprint density at radius 1 is 1.06 bits per heavy atom. The molecule has 3 fully saturated rings. The second-order valence-corrected chi connectivity index (χ2v) is 9.24. The molecule has 2 saturated heterocycles. The van der Waals surface area contributed by atoms with E-state index in [-0.39, 0.29) is 23.5 Å². The summed E-state index contributed by atoms with van der Waals surface area (Å²) in [5, 5.41) is 3.10. The minimum atomic E-state index is -0.724. The Morgan fingerprint density at radius 3 is 2.48 bits per heavy atom. The number of halogens is 1. The van der Waals surface area contributed by atoms with Gasteiger partial charge in [-0.3, -0.25) is 9.59 Å². The topological polar surface area (TPSA) is 58.6 Å². The molecule has 3 aliphatic rings. The second kappa shape index (κ2) is 9.94. The van der Waals surface area contributed by atoms with Crippen LogP contribution in [0.2, 0.25) is 0 Å². The molecule has 2 amide bonds. The van der Waals surface area contributed by atoms with Crippen LogP contribution in [-0.2, 0) is 14.3 Å². The summed E-state index contributed by atoms with van der Waals surface area (Å²) in [6.45, 7) is 1.56. The van der Waals surface area contributed by atoms with Crippen LogP contribution in [0.1, 0.15) is 63.4 Å². The van der Waals surface area contributed by atoms with Crippen molar-refractivity contribution in [1.82, 2.24) is 10.2 Å². The summed E-state index contributed by atoms with van der Waals surface area (Å²) in [6, 6.07) is 9.05. The third-order valence-electron chi connectivity index (χ3n) is 7.08. The summed E-state index contributed by atoms with van der Waals surface area (Å²) in [5.74, 6) is -0.937. The van der Waals surface area contributed by atoms with E-state index in [0.717, 1.165) is 38.5 Å². The monoisotopic (exact) mass is 428 g/mol. The van der Waals surface area contributed by atoms with Gasteiger partial charge >= 0.3 is 0 Å². The quantitative estimate of drug-likeness (QED) is 0.714. The average molecular weight is 429 g/mol. The molecule has 0 bridgehead atoms. The lowest BCUT2D eigenvalue weighted by atomic mass is 9.88. The Kier molecular flexibility index (Phi) is 7.06. The van der Waals surface area contributed by atoms with Crippen LogP contribution in [0.15, 0.2) is 36.2 Å². The van der Waals surface area contributed by atoms with Crippen molar-refractivity contribution >= 4 is 17.9 Å². The highest BCUT2D eigenvalue weighted by Gasteiger charge is 2.43. The van der Waals surface area contributed by atoms with Gasteiger partial charge in [-0.25, -0.2) is 4.39 Å². The highest BCUT2D eigenvalue weighted by molar-refractivity contribution is 5.95. The predicted octanol–water partition coefficient (Wildman–Crippen LogP) is 4.23. The van der Waals surface area contributed by atoms with Crippen LogP contribution in [0.3, 0.4) is 0 Å². The molecule has 0 aromatic heterocycles. The molecule has 1 atom stereocenters. The number of nitrogens with zero attached hydrogens (tertiary/aromatic N) is 1. The van der Waals surface area contributed by atoms with E-state index in [1.54, 1.807) is 17.0 Å². The van der Waals surface area contributed by atoms with Crippen molar-refractivity contribution in [3.05, 3.63) is 41.7 Å². The zero-order chi connectivity index (χ0) is 21.7. The molecule has 1 spiro atoms. The Morgan fingerprint density at radius 2 is 1.77 bits per heavy atom. The van der Waals surface area contributed by atoms with Gasteiger partial charge in [-0.05, 0) is 50.2 Å². The van der Waals surface area contributed by atoms with Crippen molar-refractivity contribution in [2.75, 3.05) is 19.6 Å². The Bertz CT molecular complexity index is 796. The Labute approximate surface area is 184 Å². The van der Waals surface area contributed by atoms with Gasteiger partial charge in [-0.2, -0.15) is 0 Å². The number of amides is 2. The Balaban J connectivity index is 1.23. The molecule has 31 heavy (non-hydrogen) atoms. The van der Waals surface area contributed by atoms with E-state index in [1.807, 2.05) is 18.2 Å². The summed E-state index contributed by atoms with van der Waals surface area (Å²) < 4.78 is 20.8. The molecule has 2 heterocycles. The highest BCUT2D eigenvalue weighted by atomic mass is 19.1. The maximum atomic E-state index is 14.4. The first kappa shape index (κ1) is 22.0. The molecule has 4 rings (SSSR count). The average Bonchev–Trinajstić information content (AvgIpc) is 3.21. The molecule has 1 aromatic carbocycles. The van der Waals surface area contributed by atoms with Crippen molar-refractivity contribution in [3.63, 3.8) is 0 Å². The molecule has 1 N–H and O–H groups in total. The lowest BCUT2D eigenvalue weighted by molar-refractivity contribution is -0.136. The molecule has 0 radical (unpaired) electrons. The maximum Gasteiger partial charge on any atom is 0.282 e. The SMILES string of the molecule is O=C(NC[C@H]1CCC2(CCN(C(=O)/C(F)=C/c3ccccc3)CC2)O1)C1CCCCC1. The number of hydrogen-bond acceptors (Lipinski definition) is 3. The second-order valence-electron chi connectivity index (χ2n) is 9.24. The van der Waals surface area contributed by atoms with Crippen LogP contribution in [0.25, 0.3) is 6.08 Å². The van der Waals surface area contributed by atoms with Crippen molar-refractivity contribution in [1.29, 1.82) is 0 Å². The van der Waals surface area contributed by atoms with Crippen LogP contribution < -0.4 is 5.32 Å². The molecule has 1 saturated carbocycles. The van der Waals surface area contributed by atoms with E-state index < -0.39 is 11.7 Å². The molecule has 6 heteroatoms. The van der Waals surface area contributed by atoms with Crippen LogP contribution in [-0.4, -0.2) is 48.1 Å². The first-order chi connectivity index (χ1) is 15.0. The minimum Gasteiger partial charge on any atom is -0.370 e. The van der Waals surface area contributed by atoms with Gasteiger partial charge in [0, 0.05) is 25.6 Å². The molecule has 1 aliphatic carbocycles. The predicted molar refractivity (Wildman–Crippen MR) is 118 cm³/mol. The number of carbonyl (C=O) groups is 2. The van der Waals surface area contributed by atoms with Crippen LogP contribution in [0.4, 0.5) is 4.39 Å². The number of piperidine rings is 1. The molecule has 5 nitrogen and oxygen atoms in total. The fourth-order valence-corrected chi connectivity index (χ4v) is 5.16. The zero-order valence-corrected chi connectivity index (χ0v) is 18.2. The third kappa shape index (κ3) is 5.53. The number of rotatable bonds is 5. The smallest absolute Gasteiger partial charge is 0.282 e. The van der Waals surface area contributed by atoms with Gasteiger partial charge in [-0.15, -0.1) is 0 Å². The number of nitrogens with one attached hydrogen (secondary N) is 1. The molecule has 168 valence electrons. The van der Waals surface area contributed by atoms with Crippen LogP contribution >= 0.6 is 0 Å². The van der Waals surface area contributed by atoms with Gasteiger partial charge in [0.25, 0.3) is 5.91 Å². The van der Waals surface area contributed by atoms with E-state index in [0.29, 0.717) is 38.0 Å². The Hall–Kier alpha value is -2.21. The molecular formula is C25H33FN2O3. The standard InChI is InChI=1S/C25H33FN2O3/c26-22(17-19-7-3-1-4-8-19)24(30)28-15-13-25(14-16-28)12-11-21(31-25)18-27-23(29)20-9-5-2-6-10-20/h1,3-4,7-8,17,20-21H,2,5-6,9-16,18H2,(H,27,29)/b22-17-/t21-/m1/s1. The zero-order valence-electron chi connectivity index (χ0n) is 18.2. The third-order valence-corrected chi connectivity index (χ3v) is 7.08. The molecule has 1 aromatic rings. The van der Waals surface area contributed by atoms with E-state index in [1.165, 1.54) is 12.5 Å². The van der Waals surface area contributed by atoms with Crippen LogP contribution in [0, 0.1) is 5.92 Å². The van der Waals surface area contributed by atoms with E-state index in [4.69, 9.17) is 4.74 Å². The molecular weight excluding hydrogens is 395 g/mol. The van der Waals surface area contributed by atoms with Crippen LogP contribution in [0.5, 0.6) is 0 Å². The van der Waals surface area contributed by atoms with Gasteiger partial charge in [0.2, 0.25) is 5.91 Å². The van der Waals surface area contributed by atoms with Crippen molar-refractivity contribution in [2.45, 2.75) is 69.5 Å². The molecule has 0 unspecified atom stereocenters. The summed E-state index contributed by atoms with van der Waals surface area (Å²) in [5.41, 5.74) is 0.440. The van der Waals surface area contributed by atoms with Crippen molar-refractivity contribution in [3.8, 4) is 0 Å². The summed E-state index contributed by atoms with van der Waals surface area (Å²) in [7, 11) is 0. The van der Waals surface area contributed by atoms with Gasteiger partial charge in [0.15, 0.2) is 5.83 Å². The number of ether oxygens (including phenoxy) is 1. The number of carbonyl (C=O) groups excluding carboxylic acids is 2. The first-order valence-corrected chi connectivity index (χ1v) is 11.7. The van der Waals surface area contributed by atoms with Gasteiger partial charge in [0.1, 0.15) is 0 Å². The fraction of sp³-hybridized carbons (Fsp3) is 0.600. The van der Waals surface area contributed by atoms with E-state index in [2.05, 4.69) is 5.32 Å². The van der Waals surface area contributed by atoms with Crippen molar-refractivity contribution in [2.24, 2.45) is 5.92 Å². The summed E-state index contributed by atoms with van der Waals surface area (Å²) >= 11 is 0. The normalized spacial score (nSPS) is 24.4. The van der Waals surface area contributed by atoms with Gasteiger partial charge in [-0.1, -0.05) is 49.6 Å². The van der Waals surface area contributed by atoms with E-state index in [9.17, 15) is 14.0 Å². The number of benzene rings is 1. The van der Waals surface area contributed by atoms with Crippen molar-refractivity contribution < 1.29 is 18.7 Å². The maximum absolute atomic E-state index is 14.4. The summed E-state index contributed by atoms with van der Waals surface area (Å²) in [4.78, 5) is 26.5. The highest BCUT2D eigenvalue weighted by Crippen LogP contribution is 2.39. The lowest BCUT2D eigenvalue weighted by Gasteiger charge is -2.39. The largest absolute Gasteiger partial charge is 0.370 e. The fourth-order valence-electron chi connectivity index (χ4n) is 5.16. The lowest BCUT2D eigenvalue weighted by Crippen LogP contribution is -2.47. The van der Waals surface area contributed by atoms with Gasteiger partial charge in [0.05, 0.1) is 11.7 Å². The molecule has 2 aliphatic heterocycles. The number of likely N-dealkylation sites (tertiary alicyclic amines) is 1. The minimum absolute atomic E-state index is 0.0319. The van der Waals surface area contributed by atoms with E-state index >= 15 is 0 Å². The van der Waals surface area contributed by atoms with Gasteiger partial charge < -0.3 is 15.0 Å². The first-order valence-electron chi connectivity index (χ1n) is 11.7. The number of hydrogen-bond donors (Lipinski definition) is 1.